The lowest BCUT2D eigenvalue weighted by Crippen LogP contribution is -2.44. The molecular formula is C24H28N4O4. The number of aliphatic hydroxyl groups excluding tert-OH is 1. The van der Waals surface area contributed by atoms with Crippen LogP contribution >= 0.6 is 0 Å². The number of benzene rings is 2. The maximum Gasteiger partial charge on any atom is 0.314 e. The summed E-state index contributed by atoms with van der Waals surface area (Å²) >= 11 is 0. The third-order valence-corrected chi connectivity index (χ3v) is 5.34. The highest BCUT2D eigenvalue weighted by molar-refractivity contribution is 5.92. The SMILES string of the molecule is CCOC(=O)C(C)(CO)CC(Cc1ccc(-c2ccccc2)cc1)NC(=O)c1cn[nH]n1. The summed E-state index contributed by atoms with van der Waals surface area (Å²) in [6.45, 7) is 3.17. The Hall–Kier alpha value is -3.52. The Morgan fingerprint density at radius 2 is 1.81 bits per heavy atom. The van der Waals surface area contributed by atoms with Gasteiger partial charge in [-0.25, -0.2) is 0 Å². The average Bonchev–Trinajstić information content (AvgIpc) is 3.35. The molecule has 1 aromatic heterocycles. The molecule has 2 unspecified atom stereocenters. The molecule has 168 valence electrons. The topological polar surface area (TPSA) is 117 Å². The molecule has 0 aliphatic carbocycles. The molecule has 1 heterocycles. The van der Waals surface area contributed by atoms with Crippen molar-refractivity contribution in [3.63, 3.8) is 0 Å². The lowest BCUT2D eigenvalue weighted by Gasteiger charge is -2.30. The minimum Gasteiger partial charge on any atom is -0.466 e. The standard InChI is InChI=1S/C24H28N4O4/c1-3-32-23(31)24(2,16-29)14-20(26-22(30)21-15-25-28-27-21)13-17-9-11-19(12-10-17)18-7-5-4-6-8-18/h4-12,15,20,29H,3,13-14,16H2,1-2H3,(H,26,30)(H,25,27,28). The predicted octanol–water partition coefficient (Wildman–Crippen LogP) is 2.76. The first-order valence-corrected chi connectivity index (χ1v) is 10.5. The van der Waals surface area contributed by atoms with Gasteiger partial charge in [0.05, 0.1) is 24.8 Å². The van der Waals surface area contributed by atoms with Gasteiger partial charge >= 0.3 is 5.97 Å². The van der Waals surface area contributed by atoms with Gasteiger partial charge in [-0.2, -0.15) is 15.4 Å². The fourth-order valence-corrected chi connectivity index (χ4v) is 3.55. The number of nitrogens with zero attached hydrogens (tertiary/aromatic N) is 2. The van der Waals surface area contributed by atoms with Crippen LogP contribution in [0.2, 0.25) is 0 Å². The fraction of sp³-hybridized carbons (Fsp3) is 0.333. The van der Waals surface area contributed by atoms with Crippen LogP contribution in [-0.2, 0) is 16.0 Å². The number of aliphatic hydroxyl groups is 1. The molecule has 3 aromatic rings. The Labute approximate surface area is 187 Å². The smallest absolute Gasteiger partial charge is 0.314 e. The van der Waals surface area contributed by atoms with Gasteiger partial charge in [0.15, 0.2) is 5.69 Å². The number of H-pyrrole nitrogens is 1. The lowest BCUT2D eigenvalue weighted by molar-refractivity contribution is -0.157. The summed E-state index contributed by atoms with van der Waals surface area (Å²) < 4.78 is 5.15. The Morgan fingerprint density at radius 3 is 2.41 bits per heavy atom. The van der Waals surface area contributed by atoms with Crippen LogP contribution in [0, 0.1) is 5.41 Å². The van der Waals surface area contributed by atoms with E-state index in [1.165, 1.54) is 6.20 Å². The van der Waals surface area contributed by atoms with E-state index in [9.17, 15) is 14.7 Å². The first-order chi connectivity index (χ1) is 15.4. The van der Waals surface area contributed by atoms with Gasteiger partial charge < -0.3 is 15.2 Å². The van der Waals surface area contributed by atoms with Crippen LogP contribution in [0.4, 0.5) is 0 Å². The number of hydrogen-bond donors (Lipinski definition) is 3. The van der Waals surface area contributed by atoms with Crippen molar-refractivity contribution in [2.24, 2.45) is 5.41 Å². The number of carbonyl (C=O) groups is 2. The Bertz CT molecular complexity index is 1010. The lowest BCUT2D eigenvalue weighted by atomic mass is 9.82. The van der Waals surface area contributed by atoms with Crippen molar-refractivity contribution in [1.82, 2.24) is 20.7 Å². The molecule has 8 heteroatoms. The molecule has 0 aliphatic heterocycles. The summed E-state index contributed by atoms with van der Waals surface area (Å²) in [5, 5.41) is 22.8. The molecular weight excluding hydrogens is 408 g/mol. The molecule has 3 rings (SSSR count). The number of aromatic amines is 1. The van der Waals surface area contributed by atoms with Crippen LogP contribution in [-0.4, -0.2) is 51.6 Å². The molecule has 0 radical (unpaired) electrons. The van der Waals surface area contributed by atoms with Crippen LogP contribution in [0.1, 0.15) is 36.3 Å². The van der Waals surface area contributed by atoms with E-state index in [1.54, 1.807) is 13.8 Å². The number of amides is 1. The van der Waals surface area contributed by atoms with E-state index in [0.29, 0.717) is 6.42 Å². The van der Waals surface area contributed by atoms with Gasteiger partial charge in [-0.15, -0.1) is 0 Å². The van der Waals surface area contributed by atoms with Crippen molar-refractivity contribution in [2.75, 3.05) is 13.2 Å². The van der Waals surface area contributed by atoms with E-state index in [1.807, 2.05) is 54.6 Å². The maximum absolute atomic E-state index is 12.6. The minimum atomic E-state index is -1.15. The Morgan fingerprint density at radius 1 is 1.12 bits per heavy atom. The van der Waals surface area contributed by atoms with Crippen LogP contribution in [0.5, 0.6) is 0 Å². The Kier molecular flexibility index (Phi) is 7.72. The largest absolute Gasteiger partial charge is 0.466 e. The molecule has 2 atom stereocenters. The van der Waals surface area contributed by atoms with Gasteiger partial charge in [-0.05, 0) is 43.4 Å². The summed E-state index contributed by atoms with van der Waals surface area (Å²) in [4.78, 5) is 25.1. The van der Waals surface area contributed by atoms with E-state index in [4.69, 9.17) is 4.74 Å². The molecule has 0 saturated heterocycles. The van der Waals surface area contributed by atoms with Gasteiger partial charge in [-0.1, -0.05) is 54.6 Å². The third kappa shape index (κ3) is 5.79. The minimum absolute atomic E-state index is 0.149. The van der Waals surface area contributed by atoms with Crippen molar-refractivity contribution in [2.45, 2.75) is 32.7 Å². The number of nitrogens with one attached hydrogen (secondary N) is 2. The average molecular weight is 437 g/mol. The third-order valence-electron chi connectivity index (χ3n) is 5.34. The molecule has 8 nitrogen and oxygen atoms in total. The number of hydrogen-bond acceptors (Lipinski definition) is 6. The zero-order valence-electron chi connectivity index (χ0n) is 18.2. The van der Waals surface area contributed by atoms with Crippen LogP contribution in [0.3, 0.4) is 0 Å². The number of ether oxygens (including phenoxy) is 1. The van der Waals surface area contributed by atoms with Gasteiger partial charge in [0.1, 0.15) is 0 Å². The van der Waals surface area contributed by atoms with Gasteiger partial charge in [0, 0.05) is 6.04 Å². The van der Waals surface area contributed by atoms with E-state index < -0.39 is 29.9 Å². The van der Waals surface area contributed by atoms with Crippen molar-refractivity contribution >= 4 is 11.9 Å². The highest BCUT2D eigenvalue weighted by atomic mass is 16.5. The second-order valence-corrected chi connectivity index (χ2v) is 7.94. The predicted molar refractivity (Wildman–Crippen MR) is 120 cm³/mol. The molecule has 2 aromatic carbocycles. The van der Waals surface area contributed by atoms with Crippen molar-refractivity contribution in [3.05, 3.63) is 72.1 Å². The highest BCUT2D eigenvalue weighted by Crippen LogP contribution is 2.27. The molecule has 0 spiro atoms. The molecule has 0 bridgehead atoms. The molecule has 0 aliphatic rings. The van der Waals surface area contributed by atoms with E-state index in [2.05, 4.69) is 20.7 Å². The van der Waals surface area contributed by atoms with Crippen LogP contribution < -0.4 is 5.32 Å². The van der Waals surface area contributed by atoms with Gasteiger partial charge in [-0.3, -0.25) is 9.59 Å². The maximum atomic E-state index is 12.6. The van der Waals surface area contributed by atoms with E-state index in [-0.39, 0.29) is 18.7 Å². The number of aromatic nitrogens is 3. The zero-order chi connectivity index (χ0) is 23.0. The van der Waals surface area contributed by atoms with E-state index in [0.717, 1.165) is 16.7 Å². The van der Waals surface area contributed by atoms with Crippen molar-refractivity contribution < 1.29 is 19.4 Å². The molecule has 32 heavy (non-hydrogen) atoms. The molecule has 3 N–H and O–H groups in total. The van der Waals surface area contributed by atoms with Gasteiger partial charge in [0.25, 0.3) is 5.91 Å². The number of esters is 1. The van der Waals surface area contributed by atoms with E-state index >= 15 is 0 Å². The summed E-state index contributed by atoms with van der Waals surface area (Å²) in [5.41, 5.74) is 2.19. The quantitative estimate of drug-likeness (QED) is 0.421. The van der Waals surface area contributed by atoms with Crippen molar-refractivity contribution in [3.8, 4) is 11.1 Å². The van der Waals surface area contributed by atoms with Crippen LogP contribution in [0.15, 0.2) is 60.8 Å². The first-order valence-electron chi connectivity index (χ1n) is 10.5. The monoisotopic (exact) mass is 436 g/mol. The first kappa shape index (κ1) is 23.1. The second-order valence-electron chi connectivity index (χ2n) is 7.94. The fourth-order valence-electron chi connectivity index (χ4n) is 3.55. The summed E-state index contributed by atoms with van der Waals surface area (Å²) in [5.74, 6) is -0.906. The number of rotatable bonds is 10. The Balaban J connectivity index is 1.80. The van der Waals surface area contributed by atoms with Gasteiger partial charge in [0.2, 0.25) is 0 Å². The normalized spacial score (nSPS) is 13.7. The van der Waals surface area contributed by atoms with Crippen LogP contribution in [0.25, 0.3) is 11.1 Å². The second kappa shape index (κ2) is 10.7. The molecule has 0 saturated carbocycles. The molecule has 1 amide bonds. The summed E-state index contributed by atoms with van der Waals surface area (Å²) in [6, 6.07) is 17.6. The highest BCUT2D eigenvalue weighted by Gasteiger charge is 2.37. The molecule has 0 fully saturated rings. The zero-order valence-corrected chi connectivity index (χ0v) is 18.2. The summed E-state index contributed by atoms with van der Waals surface area (Å²) in [6.07, 6.45) is 2.00. The van der Waals surface area contributed by atoms with Crippen molar-refractivity contribution in [1.29, 1.82) is 0 Å². The summed E-state index contributed by atoms with van der Waals surface area (Å²) in [7, 11) is 0. The number of carbonyl (C=O) groups excluding carboxylic acids is 2.